The first kappa shape index (κ1) is 16.4. The lowest BCUT2D eigenvalue weighted by atomic mass is 9.83. The number of aryl methyl sites for hydroxylation is 1. The van der Waals surface area contributed by atoms with Gasteiger partial charge in [0.05, 0.1) is 13.2 Å². The Hall–Kier alpha value is -0.970. The van der Waals surface area contributed by atoms with Gasteiger partial charge in [0.15, 0.2) is 0 Å². The summed E-state index contributed by atoms with van der Waals surface area (Å²) in [6.07, 6.45) is 1.67. The molecule has 1 aromatic rings. The third-order valence-corrected chi connectivity index (χ3v) is 5.00. The highest BCUT2D eigenvalue weighted by Gasteiger charge is 2.37. The van der Waals surface area contributed by atoms with Crippen molar-refractivity contribution in [3.8, 4) is 0 Å². The summed E-state index contributed by atoms with van der Waals surface area (Å²) in [7, 11) is 0. The van der Waals surface area contributed by atoms with E-state index in [1.807, 2.05) is 13.0 Å². The van der Waals surface area contributed by atoms with Gasteiger partial charge in [-0.3, -0.25) is 4.90 Å². The Morgan fingerprint density at radius 1 is 1.38 bits per heavy atom. The van der Waals surface area contributed by atoms with E-state index in [-0.39, 0.29) is 17.4 Å². The van der Waals surface area contributed by atoms with E-state index >= 15 is 0 Å². The molecule has 0 aliphatic carbocycles. The Bertz CT molecular complexity index is 474. The molecule has 0 spiro atoms. The van der Waals surface area contributed by atoms with Gasteiger partial charge >= 0.3 is 0 Å². The first-order valence-corrected chi connectivity index (χ1v) is 7.80. The van der Waals surface area contributed by atoms with Crippen LogP contribution in [-0.4, -0.2) is 42.8 Å². The van der Waals surface area contributed by atoms with Crippen molar-refractivity contribution in [2.45, 2.75) is 45.2 Å². The molecule has 2 rings (SSSR count). The molecule has 3 nitrogen and oxygen atoms in total. The highest BCUT2D eigenvalue weighted by molar-refractivity contribution is 5.28. The number of rotatable bonds is 5. The van der Waals surface area contributed by atoms with Crippen molar-refractivity contribution >= 4 is 0 Å². The van der Waals surface area contributed by atoms with E-state index in [9.17, 15) is 4.39 Å². The van der Waals surface area contributed by atoms with Gasteiger partial charge in [-0.2, -0.15) is 0 Å². The average Bonchev–Trinajstić information content (AvgIpc) is 2.51. The molecular weight excluding hydrogens is 267 g/mol. The summed E-state index contributed by atoms with van der Waals surface area (Å²) < 4.78 is 18.9. The van der Waals surface area contributed by atoms with Gasteiger partial charge in [0.25, 0.3) is 0 Å². The van der Waals surface area contributed by atoms with E-state index in [2.05, 4.69) is 18.7 Å². The SMILES string of the molecule is CCC(C)(C(N)Cc1cc(F)ccc1C)N1CCOCC1. The maximum absolute atomic E-state index is 13.5. The number of hydrogen-bond acceptors (Lipinski definition) is 3. The van der Waals surface area contributed by atoms with Crippen LogP contribution in [0.15, 0.2) is 18.2 Å². The van der Waals surface area contributed by atoms with E-state index in [1.54, 1.807) is 6.07 Å². The van der Waals surface area contributed by atoms with Gasteiger partial charge in [0.1, 0.15) is 5.82 Å². The molecule has 0 aromatic heterocycles. The number of halogens is 1. The monoisotopic (exact) mass is 294 g/mol. The van der Waals surface area contributed by atoms with E-state index in [0.29, 0.717) is 6.42 Å². The fourth-order valence-electron chi connectivity index (χ4n) is 3.11. The minimum absolute atomic E-state index is 0.0268. The smallest absolute Gasteiger partial charge is 0.123 e. The summed E-state index contributed by atoms with van der Waals surface area (Å²) in [5.74, 6) is -0.188. The summed E-state index contributed by atoms with van der Waals surface area (Å²) in [4.78, 5) is 2.43. The van der Waals surface area contributed by atoms with Crippen LogP contribution in [0.4, 0.5) is 4.39 Å². The van der Waals surface area contributed by atoms with Crippen LogP contribution in [-0.2, 0) is 11.2 Å². The third-order valence-electron chi connectivity index (χ3n) is 5.00. The molecule has 1 aliphatic rings. The molecular formula is C17H27FN2O. The first-order chi connectivity index (χ1) is 9.97. The summed E-state index contributed by atoms with van der Waals surface area (Å²) in [6.45, 7) is 9.77. The zero-order valence-electron chi connectivity index (χ0n) is 13.4. The molecule has 21 heavy (non-hydrogen) atoms. The van der Waals surface area contributed by atoms with Crippen LogP contribution in [0.1, 0.15) is 31.4 Å². The molecule has 1 heterocycles. The molecule has 0 bridgehead atoms. The summed E-state index contributed by atoms with van der Waals surface area (Å²) >= 11 is 0. The molecule has 1 aromatic carbocycles. The van der Waals surface area contributed by atoms with Crippen molar-refractivity contribution in [1.29, 1.82) is 0 Å². The van der Waals surface area contributed by atoms with Crippen LogP contribution in [0.2, 0.25) is 0 Å². The minimum atomic E-state index is -0.188. The van der Waals surface area contributed by atoms with Gasteiger partial charge in [0, 0.05) is 24.7 Å². The highest BCUT2D eigenvalue weighted by atomic mass is 19.1. The lowest BCUT2D eigenvalue weighted by molar-refractivity contribution is -0.0272. The maximum atomic E-state index is 13.5. The molecule has 0 radical (unpaired) electrons. The molecule has 0 amide bonds. The van der Waals surface area contributed by atoms with Crippen molar-refractivity contribution in [2.75, 3.05) is 26.3 Å². The van der Waals surface area contributed by atoms with Crippen LogP contribution in [0.25, 0.3) is 0 Å². The second-order valence-corrected chi connectivity index (χ2v) is 6.19. The second-order valence-electron chi connectivity index (χ2n) is 6.19. The number of hydrogen-bond donors (Lipinski definition) is 1. The van der Waals surface area contributed by atoms with Crippen LogP contribution in [0.5, 0.6) is 0 Å². The zero-order chi connectivity index (χ0) is 15.5. The minimum Gasteiger partial charge on any atom is -0.379 e. The lowest BCUT2D eigenvalue weighted by Gasteiger charge is -2.46. The number of benzene rings is 1. The maximum Gasteiger partial charge on any atom is 0.123 e. The number of ether oxygens (including phenoxy) is 1. The molecule has 1 aliphatic heterocycles. The molecule has 1 fully saturated rings. The number of morpholine rings is 1. The molecule has 2 atom stereocenters. The Kier molecular flexibility index (Phi) is 5.36. The molecule has 2 N–H and O–H groups in total. The molecule has 0 saturated carbocycles. The van der Waals surface area contributed by atoms with Gasteiger partial charge in [0.2, 0.25) is 0 Å². The normalized spacial score (nSPS) is 21.0. The molecule has 4 heteroatoms. The van der Waals surface area contributed by atoms with Crippen molar-refractivity contribution in [1.82, 2.24) is 4.90 Å². The van der Waals surface area contributed by atoms with Gasteiger partial charge in [-0.25, -0.2) is 4.39 Å². The summed E-state index contributed by atoms with van der Waals surface area (Å²) in [5, 5.41) is 0. The van der Waals surface area contributed by atoms with Crippen LogP contribution in [0, 0.1) is 12.7 Å². The van der Waals surface area contributed by atoms with E-state index < -0.39 is 0 Å². The van der Waals surface area contributed by atoms with Crippen molar-refractivity contribution < 1.29 is 9.13 Å². The fraction of sp³-hybridized carbons (Fsp3) is 0.647. The van der Waals surface area contributed by atoms with E-state index in [1.165, 1.54) is 6.07 Å². The number of nitrogens with zero attached hydrogens (tertiary/aromatic N) is 1. The quantitative estimate of drug-likeness (QED) is 0.907. The lowest BCUT2D eigenvalue weighted by Crippen LogP contribution is -2.61. The molecule has 118 valence electrons. The van der Waals surface area contributed by atoms with Gasteiger partial charge in [-0.05, 0) is 49.9 Å². The van der Waals surface area contributed by atoms with Gasteiger partial charge in [-0.1, -0.05) is 13.0 Å². The number of nitrogens with two attached hydrogens (primary N) is 1. The summed E-state index contributed by atoms with van der Waals surface area (Å²) in [6, 6.07) is 4.92. The fourth-order valence-corrected chi connectivity index (χ4v) is 3.11. The molecule has 1 saturated heterocycles. The van der Waals surface area contributed by atoms with Crippen molar-refractivity contribution in [3.05, 3.63) is 35.1 Å². The predicted octanol–water partition coefficient (Wildman–Crippen LogP) is 2.50. The van der Waals surface area contributed by atoms with Gasteiger partial charge < -0.3 is 10.5 Å². The summed E-state index contributed by atoms with van der Waals surface area (Å²) in [5.41, 5.74) is 8.57. The van der Waals surface area contributed by atoms with Crippen LogP contribution in [0.3, 0.4) is 0 Å². The topological polar surface area (TPSA) is 38.5 Å². The van der Waals surface area contributed by atoms with Crippen molar-refractivity contribution in [2.24, 2.45) is 5.73 Å². The van der Waals surface area contributed by atoms with Crippen LogP contribution >= 0.6 is 0 Å². The zero-order valence-corrected chi connectivity index (χ0v) is 13.4. The predicted molar refractivity (Wildman–Crippen MR) is 83.9 cm³/mol. The Labute approximate surface area is 127 Å². The Morgan fingerprint density at radius 3 is 2.67 bits per heavy atom. The van der Waals surface area contributed by atoms with Crippen LogP contribution < -0.4 is 5.73 Å². The largest absolute Gasteiger partial charge is 0.379 e. The third kappa shape index (κ3) is 3.62. The standard InChI is InChI=1S/C17H27FN2O/c1-4-17(3,20-7-9-21-10-8-20)16(19)12-14-11-15(18)6-5-13(14)2/h5-6,11,16H,4,7-10,12,19H2,1-3H3. The first-order valence-electron chi connectivity index (χ1n) is 7.80. The average molecular weight is 294 g/mol. The van der Waals surface area contributed by atoms with Gasteiger partial charge in [-0.15, -0.1) is 0 Å². The highest BCUT2D eigenvalue weighted by Crippen LogP contribution is 2.26. The molecule has 2 unspecified atom stereocenters. The van der Waals surface area contributed by atoms with E-state index in [0.717, 1.165) is 43.9 Å². The van der Waals surface area contributed by atoms with Crippen molar-refractivity contribution in [3.63, 3.8) is 0 Å². The second kappa shape index (κ2) is 6.86. The van der Waals surface area contributed by atoms with E-state index in [4.69, 9.17) is 10.5 Å². The Morgan fingerprint density at radius 2 is 2.05 bits per heavy atom. The Balaban J connectivity index is 2.15.